The summed E-state index contributed by atoms with van der Waals surface area (Å²) >= 11 is 0. The van der Waals surface area contributed by atoms with Gasteiger partial charge in [0.25, 0.3) is 5.56 Å². The Labute approximate surface area is 162 Å². The number of aromatic amines is 1. The molecule has 1 fully saturated rings. The maximum atomic E-state index is 13.0. The Balaban J connectivity index is 1.77. The number of hydrogen-bond donors (Lipinski definition) is 2. The molecule has 3 aromatic rings. The maximum absolute atomic E-state index is 13.0. The van der Waals surface area contributed by atoms with Gasteiger partial charge in [-0.05, 0) is 43.9 Å². The predicted octanol–water partition coefficient (Wildman–Crippen LogP) is 3.96. The van der Waals surface area contributed by atoms with Crippen molar-refractivity contribution in [2.45, 2.75) is 36.8 Å². The molecule has 0 saturated heterocycles. The summed E-state index contributed by atoms with van der Waals surface area (Å²) in [6.07, 6.45) is 3.09. The summed E-state index contributed by atoms with van der Waals surface area (Å²) in [6, 6.07) is 8.55. The van der Waals surface area contributed by atoms with E-state index in [0.717, 1.165) is 18.4 Å². The van der Waals surface area contributed by atoms with Gasteiger partial charge in [0.2, 0.25) is 0 Å². The molecule has 1 aromatic carbocycles. The second-order valence-corrected chi connectivity index (χ2v) is 9.33. The first-order valence-corrected chi connectivity index (χ1v) is 10.5. The zero-order chi connectivity index (χ0) is 20.1. The van der Waals surface area contributed by atoms with Crippen LogP contribution in [0.15, 0.2) is 46.2 Å². The Hall–Kier alpha value is -3.18. The Morgan fingerprint density at radius 1 is 1.29 bits per heavy atom. The van der Waals surface area contributed by atoms with E-state index in [-0.39, 0.29) is 10.8 Å². The van der Waals surface area contributed by atoms with Gasteiger partial charge in [-0.25, -0.2) is 23.5 Å². The lowest BCUT2D eigenvalue weighted by Crippen LogP contribution is -2.18. The average molecular weight is 393 g/mol. The zero-order valence-electron chi connectivity index (χ0n) is 15.5. The van der Waals surface area contributed by atoms with Gasteiger partial charge in [0, 0.05) is 17.1 Å². The minimum Gasteiger partial charge on any atom is -0.293 e. The zero-order valence-corrected chi connectivity index (χ0v) is 16.3. The fourth-order valence-electron chi connectivity index (χ4n) is 3.30. The van der Waals surface area contributed by atoms with E-state index in [1.165, 1.54) is 10.9 Å². The van der Waals surface area contributed by atoms with Crippen LogP contribution in [0.25, 0.3) is 21.8 Å². The van der Waals surface area contributed by atoms with Gasteiger partial charge in [0.05, 0.1) is 26.8 Å². The topological polar surface area (TPSA) is 96.0 Å². The molecule has 2 N–H and O–H groups in total. The molecule has 1 atom stereocenters. The minimum absolute atomic E-state index is 0.0839. The van der Waals surface area contributed by atoms with Crippen molar-refractivity contribution < 1.29 is 4.21 Å². The summed E-state index contributed by atoms with van der Waals surface area (Å²) in [5.74, 6) is 0.393. The van der Waals surface area contributed by atoms with Gasteiger partial charge in [0.15, 0.2) is 11.5 Å². The van der Waals surface area contributed by atoms with Crippen molar-refractivity contribution in [1.82, 2.24) is 14.8 Å². The molecule has 28 heavy (non-hydrogen) atoms. The normalized spacial score (nSPS) is 15.8. The van der Waals surface area contributed by atoms with Gasteiger partial charge in [-0.1, -0.05) is 24.3 Å². The van der Waals surface area contributed by atoms with Crippen molar-refractivity contribution in [2.75, 3.05) is 0 Å². The molecule has 2 heterocycles. The van der Waals surface area contributed by atoms with Crippen LogP contribution in [0, 0.1) is 25.2 Å². The molecule has 2 aromatic heterocycles. The highest BCUT2D eigenvalue weighted by Gasteiger charge is 2.34. The third-order valence-corrected chi connectivity index (χ3v) is 7.45. The summed E-state index contributed by atoms with van der Waals surface area (Å²) < 4.78 is 22.3. The number of H-pyrrole nitrogens is 1. The van der Waals surface area contributed by atoms with Crippen LogP contribution >= 0.6 is 0 Å². The van der Waals surface area contributed by atoms with Gasteiger partial charge in [-0.3, -0.25) is 9.89 Å². The van der Waals surface area contributed by atoms with Gasteiger partial charge in [0.1, 0.15) is 0 Å². The van der Waals surface area contributed by atoms with E-state index in [1.807, 2.05) is 0 Å². The van der Waals surface area contributed by atoms with Crippen LogP contribution in [0.4, 0.5) is 5.69 Å². The second-order valence-electron chi connectivity index (χ2n) is 7.02. The van der Waals surface area contributed by atoms with Crippen LogP contribution in [0.1, 0.15) is 24.1 Å². The molecule has 142 valence electrons. The molecule has 0 bridgehead atoms. The Morgan fingerprint density at radius 2 is 1.96 bits per heavy atom. The largest absolute Gasteiger partial charge is 0.293 e. The molecule has 8 heteroatoms. The van der Waals surface area contributed by atoms with E-state index in [2.05, 4.69) is 14.9 Å². The van der Waals surface area contributed by atoms with E-state index in [9.17, 15) is 9.00 Å². The fourth-order valence-corrected chi connectivity index (χ4v) is 5.20. The smallest absolute Gasteiger partial charge is 0.280 e. The summed E-state index contributed by atoms with van der Waals surface area (Å²) in [7, 11) is -2.84. The summed E-state index contributed by atoms with van der Waals surface area (Å²) in [4.78, 5) is 21.1. The fraction of sp³-hybridized carbons (Fsp3) is 0.250. The molecule has 0 radical (unpaired) electrons. The SMILES string of the molecule is [C-]#[N+]c1ccc(-c2c(C)[nH]n(-c3cc(C)c([S@@](=N)(=O)C4CC4)cn3)c2=O)cc1. The number of pyridine rings is 1. The van der Waals surface area contributed by atoms with Crippen molar-refractivity contribution in [1.29, 1.82) is 4.78 Å². The molecular formula is C20H19N5O2S. The second kappa shape index (κ2) is 6.46. The number of nitrogens with zero attached hydrogens (tertiary/aromatic N) is 3. The van der Waals surface area contributed by atoms with Crippen molar-refractivity contribution in [3.8, 4) is 16.9 Å². The van der Waals surface area contributed by atoms with Gasteiger partial charge < -0.3 is 0 Å². The van der Waals surface area contributed by atoms with Crippen LogP contribution < -0.4 is 5.56 Å². The molecule has 1 saturated carbocycles. The number of aromatic nitrogens is 3. The molecular weight excluding hydrogens is 374 g/mol. The van der Waals surface area contributed by atoms with Crippen molar-refractivity contribution >= 4 is 15.4 Å². The monoisotopic (exact) mass is 393 g/mol. The highest BCUT2D eigenvalue weighted by molar-refractivity contribution is 7.93. The lowest BCUT2D eigenvalue weighted by atomic mass is 10.1. The number of aryl methyl sites for hydroxylation is 2. The van der Waals surface area contributed by atoms with E-state index >= 15 is 0 Å². The van der Waals surface area contributed by atoms with Crippen LogP contribution in [-0.2, 0) is 9.73 Å². The van der Waals surface area contributed by atoms with Crippen LogP contribution in [0.2, 0.25) is 0 Å². The molecule has 4 rings (SSSR count). The summed E-state index contributed by atoms with van der Waals surface area (Å²) in [5.41, 5.74) is 2.88. The van der Waals surface area contributed by atoms with Crippen LogP contribution in [0.3, 0.4) is 0 Å². The molecule has 7 nitrogen and oxygen atoms in total. The Morgan fingerprint density at radius 3 is 2.54 bits per heavy atom. The number of hydrogen-bond acceptors (Lipinski definition) is 4. The number of benzene rings is 1. The highest BCUT2D eigenvalue weighted by Crippen LogP contribution is 2.35. The van der Waals surface area contributed by atoms with Crippen molar-refractivity contribution in [2.24, 2.45) is 0 Å². The summed E-state index contributed by atoms with van der Waals surface area (Å²) in [5, 5.41) is 2.96. The predicted molar refractivity (Wildman–Crippen MR) is 108 cm³/mol. The number of rotatable bonds is 4. The quantitative estimate of drug-likeness (QED) is 0.657. The molecule has 1 aliphatic rings. The first kappa shape index (κ1) is 18.2. The van der Waals surface area contributed by atoms with Crippen LogP contribution in [-0.4, -0.2) is 24.2 Å². The van der Waals surface area contributed by atoms with E-state index in [0.29, 0.717) is 33.2 Å². The van der Waals surface area contributed by atoms with E-state index < -0.39 is 9.73 Å². The van der Waals surface area contributed by atoms with Gasteiger partial charge in [-0.15, -0.1) is 0 Å². The molecule has 0 amide bonds. The third-order valence-electron chi connectivity index (χ3n) is 4.95. The summed E-state index contributed by atoms with van der Waals surface area (Å²) in [6.45, 7) is 10.6. The molecule has 0 unspecified atom stereocenters. The Kier molecular flexibility index (Phi) is 4.20. The third kappa shape index (κ3) is 2.94. The highest BCUT2D eigenvalue weighted by atomic mass is 32.2. The Bertz CT molecular complexity index is 1270. The van der Waals surface area contributed by atoms with E-state index in [4.69, 9.17) is 11.4 Å². The lowest BCUT2D eigenvalue weighted by Gasteiger charge is -2.10. The van der Waals surface area contributed by atoms with Gasteiger partial charge in [-0.2, -0.15) is 0 Å². The molecule has 0 spiro atoms. The molecule has 1 aliphatic carbocycles. The maximum Gasteiger partial charge on any atom is 0.280 e. The molecule has 0 aliphatic heterocycles. The lowest BCUT2D eigenvalue weighted by molar-refractivity contribution is 0.672. The average Bonchev–Trinajstić information content (AvgIpc) is 3.48. The van der Waals surface area contributed by atoms with Crippen LogP contribution in [0.5, 0.6) is 0 Å². The number of nitrogens with one attached hydrogen (secondary N) is 2. The van der Waals surface area contributed by atoms with Gasteiger partial charge >= 0.3 is 0 Å². The standard InChI is InChI=1S/C20H19N5O2S/c1-12-10-18(23-11-17(12)28(21,27)16-8-9-16)25-20(26)19(13(2)24-25)14-4-6-15(22-3)7-5-14/h4-7,10-11,16,21,24H,8-9H2,1-2H3/t28-/m0/s1. The van der Waals surface area contributed by atoms with E-state index in [1.54, 1.807) is 44.2 Å². The van der Waals surface area contributed by atoms with Crippen molar-refractivity contribution in [3.05, 3.63) is 69.6 Å². The minimum atomic E-state index is -2.84. The first-order valence-electron chi connectivity index (χ1n) is 8.87. The first-order chi connectivity index (χ1) is 13.3. The van der Waals surface area contributed by atoms with Crippen molar-refractivity contribution in [3.63, 3.8) is 0 Å².